The standard InChI is InChI=1S/C58H62F3N9O7S/c1-35-38(39-20-22-49(63-52(39)55(74)77-57(2,3)4)70-27-24-36-12-8-14-40(43(36)33-70)53(72)65-56-62-44-15-6-7-17-47(44)78-56)13-9-16-46(35)76-31-10-25-68-28-29-69(48(34-68)58(59,60)61)26-11-30-75-37-18-19-41-45(32-37)67(5)66-51(41)42-21-23-50(71)64-54(42)73/h6-9,12-20,22,32,42,48H,10-11,21,23-31,33-34H2,1-5H3,(H,62,65,72)(H,64,71,73). The summed E-state index contributed by atoms with van der Waals surface area (Å²) in [6.07, 6.45) is -2.28. The van der Waals surface area contributed by atoms with E-state index in [1.54, 1.807) is 44.6 Å². The molecule has 0 saturated carbocycles. The van der Waals surface area contributed by atoms with Gasteiger partial charge in [-0.3, -0.25) is 34.6 Å². The number of carbonyl (C=O) groups is 4. The fourth-order valence-electron chi connectivity index (χ4n) is 10.6. The lowest BCUT2D eigenvalue weighted by Crippen LogP contribution is -2.59. The zero-order valence-electron chi connectivity index (χ0n) is 44.2. The molecule has 7 aromatic rings. The first-order valence-electron chi connectivity index (χ1n) is 26.3. The number of benzene rings is 4. The van der Waals surface area contributed by atoms with Crippen LogP contribution in [-0.2, 0) is 34.3 Å². The molecule has 0 spiro atoms. The maximum atomic E-state index is 14.6. The molecule has 0 radical (unpaired) electrons. The number of esters is 1. The van der Waals surface area contributed by atoms with Gasteiger partial charge < -0.3 is 24.0 Å². The van der Waals surface area contributed by atoms with Crippen LogP contribution in [-0.4, -0.2) is 124 Å². The second-order valence-corrected chi connectivity index (χ2v) is 22.1. The number of thiazole rings is 1. The zero-order chi connectivity index (χ0) is 54.9. The SMILES string of the molecule is Cc1c(OCCCN2CCN(CCCOc3ccc4c(C5CCC(=O)NC5=O)nn(C)c4c3)C(C(F)(F)F)C2)cccc1-c1ccc(N2CCc3cccc(C(=O)Nc4nc5ccccc5s4)c3C2)nc1C(=O)OC(C)(C)C. The van der Waals surface area contributed by atoms with Gasteiger partial charge in [0.05, 0.1) is 40.6 Å². The molecule has 3 aliphatic heterocycles. The molecular weight excluding hydrogens is 1020 g/mol. The lowest BCUT2D eigenvalue weighted by Gasteiger charge is -2.42. The average molecular weight is 1090 g/mol. The van der Waals surface area contributed by atoms with Crippen LogP contribution in [0, 0.1) is 6.92 Å². The number of rotatable bonds is 16. The number of fused-ring (bicyclic) bond motifs is 3. The van der Waals surface area contributed by atoms with Gasteiger partial charge in [0.15, 0.2) is 10.8 Å². The number of alkyl halides is 3. The summed E-state index contributed by atoms with van der Waals surface area (Å²) in [5.74, 6) is -0.373. The molecular formula is C58H62F3N9O7S. The largest absolute Gasteiger partial charge is 0.493 e. The Bertz CT molecular complexity index is 3380. The van der Waals surface area contributed by atoms with Crippen molar-refractivity contribution in [2.75, 3.05) is 62.7 Å². The highest BCUT2D eigenvalue weighted by atomic mass is 32.1. The Labute approximate surface area is 453 Å². The lowest BCUT2D eigenvalue weighted by atomic mass is 9.93. The number of carbonyl (C=O) groups excluding carboxylic acids is 4. The van der Waals surface area contributed by atoms with Gasteiger partial charge in [0, 0.05) is 81.9 Å². The third-order valence-electron chi connectivity index (χ3n) is 14.5. The van der Waals surface area contributed by atoms with Crippen molar-refractivity contribution >= 4 is 67.1 Å². The van der Waals surface area contributed by atoms with E-state index in [4.69, 9.17) is 19.2 Å². The number of pyridine rings is 1. The van der Waals surface area contributed by atoms with Gasteiger partial charge in [-0.2, -0.15) is 18.3 Å². The van der Waals surface area contributed by atoms with E-state index < -0.39 is 29.7 Å². The minimum absolute atomic E-state index is 0.132. The van der Waals surface area contributed by atoms with E-state index >= 15 is 0 Å². The monoisotopic (exact) mass is 1090 g/mol. The molecule has 2 unspecified atom stereocenters. The quantitative estimate of drug-likeness (QED) is 0.0533. The van der Waals surface area contributed by atoms with Gasteiger partial charge in [-0.15, -0.1) is 0 Å². The molecule has 408 valence electrons. The summed E-state index contributed by atoms with van der Waals surface area (Å²) in [5.41, 5.74) is 5.98. The second-order valence-electron chi connectivity index (χ2n) is 21.0. The van der Waals surface area contributed by atoms with Crippen molar-refractivity contribution in [1.29, 1.82) is 0 Å². The summed E-state index contributed by atoms with van der Waals surface area (Å²) in [7, 11) is 1.76. The highest BCUT2D eigenvalue weighted by Gasteiger charge is 2.46. The average Bonchev–Trinajstić information content (AvgIpc) is 4.13. The molecule has 6 heterocycles. The van der Waals surface area contributed by atoms with Gasteiger partial charge in [-0.1, -0.05) is 47.7 Å². The van der Waals surface area contributed by atoms with Gasteiger partial charge in [-0.05, 0) is 124 Å². The number of nitrogens with one attached hydrogen (secondary N) is 2. The number of amides is 3. The minimum atomic E-state index is -4.43. The molecule has 4 aromatic carbocycles. The number of imide groups is 1. The van der Waals surface area contributed by atoms with Crippen molar-refractivity contribution in [2.24, 2.45) is 7.05 Å². The molecule has 2 fully saturated rings. The highest BCUT2D eigenvalue weighted by molar-refractivity contribution is 7.22. The smallest absolute Gasteiger partial charge is 0.405 e. The van der Waals surface area contributed by atoms with Crippen LogP contribution >= 0.6 is 11.3 Å². The Hall–Kier alpha value is -7.42. The molecule has 2 atom stereocenters. The number of hydrogen-bond donors (Lipinski definition) is 2. The number of halogens is 3. The maximum absolute atomic E-state index is 14.6. The van der Waals surface area contributed by atoms with Crippen LogP contribution < -0.4 is 25.0 Å². The van der Waals surface area contributed by atoms with E-state index in [2.05, 4.69) is 25.6 Å². The molecule has 3 aromatic heterocycles. The van der Waals surface area contributed by atoms with Crippen LogP contribution in [0.5, 0.6) is 11.5 Å². The summed E-state index contributed by atoms with van der Waals surface area (Å²) in [6.45, 7) is 9.94. The number of piperazine rings is 1. The van der Waals surface area contributed by atoms with Crippen LogP contribution in [0.4, 0.5) is 24.1 Å². The van der Waals surface area contributed by atoms with Gasteiger partial charge in [0.2, 0.25) is 11.8 Å². The van der Waals surface area contributed by atoms with E-state index in [1.807, 2.05) is 90.7 Å². The topological polar surface area (TPSA) is 173 Å². The number of ether oxygens (including phenoxy) is 3. The van der Waals surface area contributed by atoms with E-state index in [-0.39, 0.29) is 62.7 Å². The Balaban J connectivity index is 0.750. The molecule has 0 bridgehead atoms. The Kier molecular flexibility index (Phi) is 15.6. The summed E-state index contributed by atoms with van der Waals surface area (Å²) >= 11 is 1.42. The predicted molar refractivity (Wildman–Crippen MR) is 292 cm³/mol. The molecule has 3 amide bonds. The predicted octanol–water partition coefficient (Wildman–Crippen LogP) is 9.63. The summed E-state index contributed by atoms with van der Waals surface area (Å²) in [6, 6.07) is 26.5. The molecule has 78 heavy (non-hydrogen) atoms. The van der Waals surface area contributed by atoms with Gasteiger partial charge in [0.25, 0.3) is 5.91 Å². The first-order valence-corrected chi connectivity index (χ1v) is 27.1. The van der Waals surface area contributed by atoms with E-state index in [9.17, 15) is 32.3 Å². The van der Waals surface area contributed by atoms with Crippen molar-refractivity contribution in [1.82, 2.24) is 34.9 Å². The summed E-state index contributed by atoms with van der Waals surface area (Å²) < 4.78 is 64.6. The van der Waals surface area contributed by atoms with Crippen molar-refractivity contribution in [3.8, 4) is 22.6 Å². The van der Waals surface area contributed by atoms with Crippen molar-refractivity contribution < 1.29 is 46.6 Å². The third-order valence-corrected chi connectivity index (χ3v) is 15.5. The minimum Gasteiger partial charge on any atom is -0.493 e. The zero-order valence-corrected chi connectivity index (χ0v) is 45.1. The normalized spacial score (nSPS) is 17.5. The van der Waals surface area contributed by atoms with Gasteiger partial charge >= 0.3 is 12.1 Å². The lowest BCUT2D eigenvalue weighted by molar-refractivity contribution is -0.197. The van der Waals surface area contributed by atoms with Crippen LogP contribution in [0.1, 0.15) is 95.6 Å². The van der Waals surface area contributed by atoms with Crippen LogP contribution in [0.25, 0.3) is 32.2 Å². The molecule has 20 heteroatoms. The molecule has 0 aliphatic carbocycles. The molecule has 16 nitrogen and oxygen atoms in total. The molecule has 3 aliphatic rings. The number of hydrogen-bond acceptors (Lipinski definition) is 14. The second kappa shape index (κ2) is 22.5. The Morgan fingerprint density at radius 3 is 2.45 bits per heavy atom. The summed E-state index contributed by atoms with van der Waals surface area (Å²) in [5, 5.41) is 11.2. The van der Waals surface area contributed by atoms with Crippen LogP contribution in [0.15, 0.2) is 91.0 Å². The molecule has 2 saturated heterocycles. The van der Waals surface area contributed by atoms with Gasteiger partial charge in [0.1, 0.15) is 29.0 Å². The maximum Gasteiger partial charge on any atom is 0.405 e. The highest BCUT2D eigenvalue weighted by Crippen LogP contribution is 2.37. The first-order chi connectivity index (χ1) is 37.4. The van der Waals surface area contributed by atoms with Crippen molar-refractivity contribution in [3.63, 3.8) is 0 Å². The van der Waals surface area contributed by atoms with Gasteiger partial charge in [-0.25, -0.2) is 14.8 Å². The Morgan fingerprint density at radius 2 is 1.65 bits per heavy atom. The fraction of sp³-hybridized carbons (Fsp3) is 0.397. The number of nitrogens with zero attached hydrogens (tertiary/aromatic N) is 7. The van der Waals surface area contributed by atoms with Crippen molar-refractivity contribution in [2.45, 2.75) is 90.1 Å². The van der Waals surface area contributed by atoms with Crippen molar-refractivity contribution in [3.05, 3.63) is 125 Å². The van der Waals surface area contributed by atoms with Crippen LogP contribution in [0.3, 0.4) is 0 Å². The Morgan fingerprint density at radius 1 is 0.859 bits per heavy atom. The number of aromatic nitrogens is 4. The number of aryl methyl sites for hydroxylation is 1. The van der Waals surface area contributed by atoms with E-state index in [0.29, 0.717) is 91.1 Å². The first kappa shape index (κ1) is 54.0. The fourth-order valence-corrected chi connectivity index (χ4v) is 11.5. The number of piperidine rings is 1. The number of anilines is 2. The summed E-state index contributed by atoms with van der Waals surface area (Å²) in [4.78, 5) is 67.0. The third kappa shape index (κ3) is 12.0. The van der Waals surface area contributed by atoms with Crippen LogP contribution in [0.2, 0.25) is 0 Å². The van der Waals surface area contributed by atoms with E-state index in [1.165, 1.54) is 16.2 Å². The molecule has 2 N–H and O–H groups in total. The number of para-hydroxylation sites is 1. The molecule has 10 rings (SSSR count). The van der Waals surface area contributed by atoms with E-state index in [0.717, 1.165) is 43.4 Å².